The highest BCUT2D eigenvalue weighted by Crippen LogP contribution is 2.59. The third-order valence-electron chi connectivity index (χ3n) is 16.1. The van der Waals surface area contributed by atoms with E-state index in [0.717, 1.165) is 12.8 Å². The summed E-state index contributed by atoms with van der Waals surface area (Å²) in [6, 6.07) is 57.8. The number of fused-ring (bicyclic) bond motifs is 8. The average Bonchev–Trinajstić information content (AvgIpc) is 3.81. The number of hydrogen-bond acceptors (Lipinski definition) is 1. The number of anilines is 2. The van der Waals surface area contributed by atoms with E-state index in [1.807, 2.05) is 0 Å². The molecular weight excluding hydrogens is 783 g/mol. The number of hydrogen-bond donors (Lipinski definition) is 0. The Labute approximate surface area is 386 Å². The van der Waals surface area contributed by atoms with Gasteiger partial charge in [-0.1, -0.05) is 194 Å². The van der Waals surface area contributed by atoms with Crippen molar-refractivity contribution in [2.45, 2.75) is 83.6 Å². The first-order valence-electron chi connectivity index (χ1n) is 23.8. The maximum Gasteiger partial charge on any atom is 0.0563 e. The standard InChI is InChI=1S/C64H57N/c1-40-23-25-41(26-24-40)42-27-31-45(32-28-42)65(46-33-29-44(30-34-46)49-19-14-21-55-60(49)51-17-11-12-20-54(51)62(55,2)3)47-35-36-50-52-38-59-53(39-58(52)64(6,7)57(50)37-47)61-48(43-15-9-8-10-16-43)18-13-22-56(61)63(59,4)5/h8-23,25-36,38-40,47H,24,37H2,1-7H3. The monoisotopic (exact) mass is 839 g/mol. The van der Waals surface area contributed by atoms with Gasteiger partial charge in [0.15, 0.2) is 0 Å². The first kappa shape index (κ1) is 39.9. The fraction of sp³-hybridized carbons (Fsp3) is 0.219. The first-order valence-corrected chi connectivity index (χ1v) is 23.8. The molecular formula is C64H57N. The minimum absolute atomic E-state index is 0.0347. The van der Waals surface area contributed by atoms with Crippen LogP contribution in [-0.2, 0) is 16.2 Å². The molecule has 0 saturated carbocycles. The average molecular weight is 840 g/mol. The van der Waals surface area contributed by atoms with Gasteiger partial charge in [-0.15, -0.1) is 0 Å². The molecule has 0 fully saturated rings. The van der Waals surface area contributed by atoms with Crippen LogP contribution in [0.15, 0.2) is 188 Å². The van der Waals surface area contributed by atoms with Crippen LogP contribution in [0.1, 0.15) is 100 Å². The van der Waals surface area contributed by atoms with Gasteiger partial charge in [-0.2, -0.15) is 0 Å². The van der Waals surface area contributed by atoms with E-state index in [1.165, 1.54) is 112 Å². The topological polar surface area (TPSA) is 3.24 Å². The minimum atomic E-state index is -0.134. The largest absolute Gasteiger partial charge is 0.334 e. The lowest BCUT2D eigenvalue weighted by Crippen LogP contribution is -2.33. The summed E-state index contributed by atoms with van der Waals surface area (Å²) in [5.74, 6) is 0.591. The molecule has 0 N–H and O–H groups in total. The van der Waals surface area contributed by atoms with Gasteiger partial charge in [-0.25, -0.2) is 0 Å². The van der Waals surface area contributed by atoms with E-state index < -0.39 is 0 Å². The summed E-state index contributed by atoms with van der Waals surface area (Å²) in [4.78, 5) is 2.60. The molecule has 318 valence electrons. The van der Waals surface area contributed by atoms with Crippen molar-refractivity contribution < 1.29 is 0 Å². The summed E-state index contributed by atoms with van der Waals surface area (Å²) < 4.78 is 0. The SMILES string of the molecule is CC1C=CC(c2ccc(N(c3ccc(-c4cccc5c4-c4ccccc4C5(C)C)cc3)C3C=CC4=C(C3)C(C)(C)c3cc5c(cc34)C(C)(C)c3cccc(-c4ccccc4)c3-5)cc2)=CC1. The van der Waals surface area contributed by atoms with Gasteiger partial charge in [0, 0.05) is 27.6 Å². The lowest BCUT2D eigenvalue weighted by Gasteiger charge is -2.37. The molecule has 5 aliphatic rings. The highest BCUT2D eigenvalue weighted by molar-refractivity contribution is 5.97. The molecule has 7 aromatic rings. The Balaban J connectivity index is 0.930. The van der Waals surface area contributed by atoms with Crippen molar-refractivity contribution >= 4 is 22.5 Å². The van der Waals surface area contributed by atoms with Crippen molar-refractivity contribution in [2.24, 2.45) is 5.92 Å². The van der Waals surface area contributed by atoms with Gasteiger partial charge in [0.05, 0.1) is 6.04 Å². The van der Waals surface area contributed by atoms with Gasteiger partial charge in [-0.3, -0.25) is 0 Å². The van der Waals surface area contributed by atoms with Crippen LogP contribution < -0.4 is 4.90 Å². The summed E-state index contributed by atoms with van der Waals surface area (Å²) in [5, 5.41) is 0. The van der Waals surface area contributed by atoms with Crippen LogP contribution >= 0.6 is 0 Å². The van der Waals surface area contributed by atoms with E-state index in [0.29, 0.717) is 5.92 Å². The van der Waals surface area contributed by atoms with Gasteiger partial charge < -0.3 is 4.90 Å². The fourth-order valence-corrected chi connectivity index (χ4v) is 12.4. The predicted molar refractivity (Wildman–Crippen MR) is 276 cm³/mol. The zero-order chi connectivity index (χ0) is 44.4. The maximum absolute atomic E-state index is 2.60. The Morgan fingerprint density at radius 3 is 1.65 bits per heavy atom. The third-order valence-corrected chi connectivity index (χ3v) is 16.1. The van der Waals surface area contributed by atoms with Gasteiger partial charge in [0.25, 0.3) is 0 Å². The molecule has 2 atom stereocenters. The molecule has 7 aromatic carbocycles. The molecule has 2 unspecified atom stereocenters. The van der Waals surface area contributed by atoms with E-state index in [4.69, 9.17) is 0 Å². The molecule has 0 spiro atoms. The van der Waals surface area contributed by atoms with Crippen molar-refractivity contribution in [2.75, 3.05) is 4.90 Å². The van der Waals surface area contributed by atoms with Crippen LogP contribution in [-0.4, -0.2) is 6.04 Å². The summed E-state index contributed by atoms with van der Waals surface area (Å²) >= 11 is 0. The Bertz CT molecular complexity index is 3220. The van der Waals surface area contributed by atoms with E-state index in [1.54, 1.807) is 0 Å². The lowest BCUT2D eigenvalue weighted by molar-refractivity contribution is 0.584. The molecule has 0 aliphatic heterocycles. The Kier molecular flexibility index (Phi) is 8.83. The number of rotatable bonds is 6. The Hall–Kier alpha value is -6.70. The predicted octanol–water partition coefficient (Wildman–Crippen LogP) is 16.8. The van der Waals surface area contributed by atoms with Crippen LogP contribution in [0.25, 0.3) is 55.7 Å². The quantitative estimate of drug-likeness (QED) is 0.161. The molecule has 1 heteroatoms. The maximum atomic E-state index is 2.60. The molecule has 0 heterocycles. The van der Waals surface area contributed by atoms with Gasteiger partial charge in [-0.05, 0) is 155 Å². The lowest BCUT2D eigenvalue weighted by atomic mass is 9.76. The highest BCUT2D eigenvalue weighted by Gasteiger charge is 2.45. The molecule has 0 radical (unpaired) electrons. The minimum Gasteiger partial charge on any atom is -0.334 e. The number of allylic oxidation sites excluding steroid dienone is 6. The molecule has 12 rings (SSSR count). The van der Waals surface area contributed by atoms with Crippen LogP contribution in [0.3, 0.4) is 0 Å². The zero-order valence-corrected chi connectivity index (χ0v) is 38.8. The van der Waals surface area contributed by atoms with E-state index >= 15 is 0 Å². The second kappa shape index (κ2) is 14.4. The molecule has 0 saturated heterocycles. The van der Waals surface area contributed by atoms with E-state index in [9.17, 15) is 0 Å². The Morgan fingerprint density at radius 1 is 0.446 bits per heavy atom. The van der Waals surface area contributed by atoms with Crippen molar-refractivity contribution in [1.29, 1.82) is 0 Å². The molecule has 5 aliphatic carbocycles. The molecule has 0 aromatic heterocycles. The summed E-state index contributed by atoms with van der Waals surface area (Å²) in [6.45, 7) is 16.8. The fourth-order valence-electron chi connectivity index (χ4n) is 12.4. The zero-order valence-electron chi connectivity index (χ0n) is 38.8. The first-order chi connectivity index (χ1) is 31.4. The smallest absolute Gasteiger partial charge is 0.0563 e. The van der Waals surface area contributed by atoms with Gasteiger partial charge >= 0.3 is 0 Å². The van der Waals surface area contributed by atoms with Gasteiger partial charge in [0.1, 0.15) is 0 Å². The molecule has 65 heavy (non-hydrogen) atoms. The summed E-state index contributed by atoms with van der Waals surface area (Å²) in [7, 11) is 0. The van der Waals surface area contributed by atoms with Crippen molar-refractivity contribution in [1.82, 2.24) is 0 Å². The van der Waals surface area contributed by atoms with E-state index in [2.05, 4.69) is 235 Å². The van der Waals surface area contributed by atoms with Crippen molar-refractivity contribution in [3.8, 4) is 44.5 Å². The van der Waals surface area contributed by atoms with E-state index in [-0.39, 0.29) is 22.3 Å². The number of nitrogens with zero attached hydrogens (tertiary/aromatic N) is 1. The summed E-state index contributed by atoms with van der Waals surface area (Å²) in [6.07, 6.45) is 14.0. The van der Waals surface area contributed by atoms with Crippen LogP contribution in [0.4, 0.5) is 11.4 Å². The van der Waals surface area contributed by atoms with Crippen LogP contribution in [0.2, 0.25) is 0 Å². The Morgan fingerprint density at radius 2 is 0.985 bits per heavy atom. The second-order valence-electron chi connectivity index (χ2n) is 20.9. The molecule has 1 nitrogen and oxygen atoms in total. The summed E-state index contributed by atoms with van der Waals surface area (Å²) in [5.41, 5.74) is 26.9. The number of benzene rings is 7. The highest BCUT2D eigenvalue weighted by atomic mass is 15.2. The second-order valence-corrected chi connectivity index (χ2v) is 20.9. The van der Waals surface area contributed by atoms with Crippen LogP contribution in [0, 0.1) is 5.92 Å². The third kappa shape index (κ3) is 5.97. The molecule has 0 amide bonds. The normalized spacial score (nSPS) is 19.8. The van der Waals surface area contributed by atoms with Crippen molar-refractivity contribution in [3.63, 3.8) is 0 Å². The van der Waals surface area contributed by atoms with Gasteiger partial charge in [0.2, 0.25) is 0 Å². The van der Waals surface area contributed by atoms with Crippen LogP contribution in [0.5, 0.6) is 0 Å². The molecule has 0 bridgehead atoms. The van der Waals surface area contributed by atoms with Crippen molar-refractivity contribution in [3.05, 3.63) is 227 Å².